The lowest BCUT2D eigenvalue weighted by Gasteiger charge is -2.31. The van der Waals surface area contributed by atoms with Crippen molar-refractivity contribution in [2.45, 2.75) is 33.0 Å². The van der Waals surface area contributed by atoms with E-state index in [2.05, 4.69) is 0 Å². The number of methoxy groups -OCH3 is 1. The standard InChI is InChI=1S/C24H29NO5/c1-3-30-24(27)19-11-13-25(14-12-19)23(26)20-9-10-22(28-2)21(15-20)17-29-16-18-7-5-4-6-8-18/h4-10,15,19H,3,11-14,16-17H2,1-2H3. The first-order valence-corrected chi connectivity index (χ1v) is 10.4. The third kappa shape index (κ3) is 5.60. The normalized spacial score (nSPS) is 14.4. The minimum atomic E-state index is -0.160. The van der Waals surface area contributed by atoms with E-state index in [-0.39, 0.29) is 17.8 Å². The van der Waals surface area contributed by atoms with Crippen molar-refractivity contribution in [2.24, 2.45) is 5.92 Å². The molecular weight excluding hydrogens is 382 g/mol. The fourth-order valence-electron chi connectivity index (χ4n) is 3.64. The Morgan fingerprint density at radius 1 is 1.03 bits per heavy atom. The van der Waals surface area contributed by atoms with E-state index in [0.29, 0.717) is 57.1 Å². The van der Waals surface area contributed by atoms with Crippen LogP contribution in [0.3, 0.4) is 0 Å². The molecule has 6 heteroatoms. The molecule has 1 saturated heterocycles. The van der Waals surface area contributed by atoms with Crippen LogP contribution in [0, 0.1) is 5.92 Å². The number of hydrogen-bond acceptors (Lipinski definition) is 5. The van der Waals surface area contributed by atoms with Crippen LogP contribution in [0.15, 0.2) is 48.5 Å². The highest BCUT2D eigenvalue weighted by molar-refractivity contribution is 5.94. The number of benzene rings is 2. The van der Waals surface area contributed by atoms with Gasteiger partial charge in [-0.1, -0.05) is 30.3 Å². The van der Waals surface area contributed by atoms with Gasteiger partial charge in [0.15, 0.2) is 0 Å². The summed E-state index contributed by atoms with van der Waals surface area (Å²) in [6.45, 7) is 4.14. The predicted molar refractivity (Wildman–Crippen MR) is 113 cm³/mol. The maximum absolute atomic E-state index is 13.0. The minimum absolute atomic E-state index is 0.0377. The van der Waals surface area contributed by atoms with Crippen molar-refractivity contribution >= 4 is 11.9 Å². The number of carbonyl (C=O) groups is 2. The fourth-order valence-corrected chi connectivity index (χ4v) is 3.64. The summed E-state index contributed by atoms with van der Waals surface area (Å²) < 4.78 is 16.4. The number of nitrogens with zero attached hydrogens (tertiary/aromatic N) is 1. The van der Waals surface area contributed by atoms with Crippen molar-refractivity contribution < 1.29 is 23.8 Å². The monoisotopic (exact) mass is 411 g/mol. The maximum Gasteiger partial charge on any atom is 0.309 e. The summed E-state index contributed by atoms with van der Waals surface area (Å²) in [6.07, 6.45) is 1.27. The molecule has 0 aliphatic carbocycles. The van der Waals surface area contributed by atoms with Crippen molar-refractivity contribution in [1.29, 1.82) is 0 Å². The molecule has 1 heterocycles. The van der Waals surface area contributed by atoms with Gasteiger partial charge in [-0.3, -0.25) is 9.59 Å². The molecule has 160 valence electrons. The Kier molecular flexibility index (Phi) is 7.85. The van der Waals surface area contributed by atoms with Gasteiger partial charge >= 0.3 is 5.97 Å². The molecular formula is C24H29NO5. The minimum Gasteiger partial charge on any atom is -0.496 e. The number of hydrogen-bond donors (Lipinski definition) is 0. The first-order chi connectivity index (χ1) is 14.6. The highest BCUT2D eigenvalue weighted by Crippen LogP contribution is 2.24. The topological polar surface area (TPSA) is 65.1 Å². The zero-order valence-electron chi connectivity index (χ0n) is 17.6. The zero-order chi connectivity index (χ0) is 21.3. The van der Waals surface area contributed by atoms with Crippen molar-refractivity contribution in [3.63, 3.8) is 0 Å². The van der Waals surface area contributed by atoms with E-state index < -0.39 is 0 Å². The fraction of sp³-hybridized carbons (Fsp3) is 0.417. The Morgan fingerprint density at radius 2 is 1.77 bits per heavy atom. The third-order valence-electron chi connectivity index (χ3n) is 5.30. The second-order valence-corrected chi connectivity index (χ2v) is 7.32. The number of rotatable bonds is 8. The summed E-state index contributed by atoms with van der Waals surface area (Å²) in [6, 6.07) is 15.4. The van der Waals surface area contributed by atoms with Crippen LogP contribution < -0.4 is 4.74 Å². The highest BCUT2D eigenvalue weighted by atomic mass is 16.5. The Labute approximate surface area is 177 Å². The summed E-state index contributed by atoms with van der Waals surface area (Å²) in [5, 5.41) is 0. The van der Waals surface area contributed by atoms with Gasteiger partial charge in [0.05, 0.1) is 32.8 Å². The van der Waals surface area contributed by atoms with Crippen LogP contribution in [0.2, 0.25) is 0 Å². The van der Waals surface area contributed by atoms with E-state index in [4.69, 9.17) is 14.2 Å². The molecule has 1 aliphatic heterocycles. The number of esters is 1. The highest BCUT2D eigenvalue weighted by Gasteiger charge is 2.28. The molecule has 2 aromatic rings. The summed E-state index contributed by atoms with van der Waals surface area (Å²) in [5.74, 6) is 0.378. The molecule has 3 rings (SSSR count). The Balaban J connectivity index is 1.61. The smallest absolute Gasteiger partial charge is 0.309 e. The molecule has 6 nitrogen and oxygen atoms in total. The van der Waals surface area contributed by atoms with Gasteiger partial charge in [-0.05, 0) is 43.5 Å². The largest absolute Gasteiger partial charge is 0.496 e. The molecule has 0 aromatic heterocycles. The van der Waals surface area contributed by atoms with Gasteiger partial charge in [-0.2, -0.15) is 0 Å². The summed E-state index contributed by atoms with van der Waals surface area (Å²) in [7, 11) is 1.61. The predicted octanol–water partition coefficient (Wildman–Crippen LogP) is 3.83. The van der Waals surface area contributed by atoms with Crippen LogP contribution in [0.1, 0.15) is 41.3 Å². The van der Waals surface area contributed by atoms with Gasteiger partial charge in [-0.15, -0.1) is 0 Å². The first-order valence-electron chi connectivity index (χ1n) is 10.4. The van der Waals surface area contributed by atoms with E-state index in [1.807, 2.05) is 36.4 Å². The Bertz CT molecular complexity index is 844. The summed E-state index contributed by atoms with van der Waals surface area (Å²) >= 11 is 0. The molecule has 0 unspecified atom stereocenters. The average Bonchev–Trinajstić information content (AvgIpc) is 2.79. The van der Waals surface area contributed by atoms with Gasteiger partial charge in [0.2, 0.25) is 0 Å². The molecule has 2 aromatic carbocycles. The lowest BCUT2D eigenvalue weighted by Crippen LogP contribution is -2.40. The van der Waals surface area contributed by atoms with Gasteiger partial charge in [0.1, 0.15) is 5.75 Å². The quantitative estimate of drug-likeness (QED) is 0.618. The molecule has 0 N–H and O–H groups in total. The van der Waals surface area contributed by atoms with Crippen LogP contribution in [0.5, 0.6) is 5.75 Å². The first kappa shape index (κ1) is 21.8. The molecule has 30 heavy (non-hydrogen) atoms. The molecule has 0 saturated carbocycles. The van der Waals surface area contributed by atoms with Crippen LogP contribution in [-0.2, 0) is 27.5 Å². The molecule has 1 amide bonds. The van der Waals surface area contributed by atoms with E-state index in [9.17, 15) is 9.59 Å². The van der Waals surface area contributed by atoms with Crippen LogP contribution in [-0.4, -0.2) is 43.6 Å². The van der Waals surface area contributed by atoms with E-state index in [1.54, 1.807) is 31.1 Å². The van der Waals surface area contributed by atoms with E-state index >= 15 is 0 Å². The Morgan fingerprint density at radius 3 is 2.43 bits per heavy atom. The van der Waals surface area contributed by atoms with Gasteiger partial charge in [0.25, 0.3) is 5.91 Å². The van der Waals surface area contributed by atoms with Gasteiger partial charge < -0.3 is 19.1 Å². The van der Waals surface area contributed by atoms with Crippen LogP contribution in [0.4, 0.5) is 0 Å². The third-order valence-corrected chi connectivity index (χ3v) is 5.30. The second-order valence-electron chi connectivity index (χ2n) is 7.32. The number of piperidine rings is 1. The number of ether oxygens (including phenoxy) is 3. The number of amides is 1. The van der Waals surface area contributed by atoms with Crippen molar-refractivity contribution in [2.75, 3.05) is 26.8 Å². The lowest BCUT2D eigenvalue weighted by atomic mass is 9.96. The van der Waals surface area contributed by atoms with E-state index in [0.717, 1.165) is 11.1 Å². The molecule has 0 spiro atoms. The second kappa shape index (κ2) is 10.8. The van der Waals surface area contributed by atoms with Crippen molar-refractivity contribution in [3.8, 4) is 5.75 Å². The molecule has 1 fully saturated rings. The van der Waals surface area contributed by atoms with Crippen LogP contribution in [0.25, 0.3) is 0 Å². The summed E-state index contributed by atoms with van der Waals surface area (Å²) in [5.41, 5.74) is 2.53. The molecule has 0 radical (unpaired) electrons. The van der Waals surface area contributed by atoms with Crippen molar-refractivity contribution in [3.05, 3.63) is 65.2 Å². The zero-order valence-corrected chi connectivity index (χ0v) is 17.6. The summed E-state index contributed by atoms with van der Waals surface area (Å²) in [4.78, 5) is 26.7. The number of likely N-dealkylation sites (tertiary alicyclic amines) is 1. The molecule has 1 aliphatic rings. The van der Waals surface area contributed by atoms with Crippen molar-refractivity contribution in [1.82, 2.24) is 4.90 Å². The van der Waals surface area contributed by atoms with Gasteiger partial charge in [0, 0.05) is 24.2 Å². The average molecular weight is 411 g/mol. The van der Waals surface area contributed by atoms with E-state index in [1.165, 1.54) is 0 Å². The maximum atomic E-state index is 13.0. The SMILES string of the molecule is CCOC(=O)C1CCN(C(=O)c2ccc(OC)c(COCc3ccccc3)c2)CC1. The Hall–Kier alpha value is -2.86. The lowest BCUT2D eigenvalue weighted by molar-refractivity contribution is -0.149. The number of carbonyl (C=O) groups excluding carboxylic acids is 2. The van der Waals surface area contributed by atoms with Crippen LogP contribution >= 0.6 is 0 Å². The molecule has 0 bridgehead atoms. The van der Waals surface area contributed by atoms with Gasteiger partial charge in [-0.25, -0.2) is 0 Å². The molecule has 0 atom stereocenters.